The molecule has 5 heteroatoms. The van der Waals surface area contributed by atoms with Crippen LogP contribution in [0.3, 0.4) is 0 Å². The fourth-order valence-electron chi connectivity index (χ4n) is 3.62. The van der Waals surface area contributed by atoms with E-state index in [0.717, 1.165) is 31.4 Å². The first-order valence-electron chi connectivity index (χ1n) is 9.65. The molecule has 0 heterocycles. The van der Waals surface area contributed by atoms with E-state index in [4.69, 9.17) is 5.11 Å². The number of likely N-dealkylation sites (N-methyl/N-ethyl adjacent to an activating group) is 1. The molecule has 1 aliphatic carbocycles. The number of carboxylic acid groups (broad SMARTS) is 1. The van der Waals surface area contributed by atoms with Crippen molar-refractivity contribution < 1.29 is 14.7 Å². The monoisotopic (exact) mass is 360 g/mol. The third-order valence-electron chi connectivity index (χ3n) is 5.21. The molecular weight excluding hydrogens is 328 g/mol. The minimum Gasteiger partial charge on any atom is -0.480 e. The van der Waals surface area contributed by atoms with Crippen LogP contribution in [0.5, 0.6) is 0 Å². The molecular formula is C21H32N2O3. The second-order valence-electron chi connectivity index (χ2n) is 7.85. The summed E-state index contributed by atoms with van der Waals surface area (Å²) in [6.07, 6.45) is 2.67. The number of carbonyl (C=O) groups is 2. The Labute approximate surface area is 156 Å². The van der Waals surface area contributed by atoms with Crippen molar-refractivity contribution in [2.75, 3.05) is 13.1 Å². The molecule has 1 unspecified atom stereocenters. The fourth-order valence-corrected chi connectivity index (χ4v) is 3.62. The number of aliphatic carboxylic acids is 1. The molecule has 0 aromatic heterocycles. The number of amides is 1. The molecule has 0 aliphatic heterocycles. The summed E-state index contributed by atoms with van der Waals surface area (Å²) in [6, 6.07) is 8.71. The SMILES string of the molecule is CCN(CC(=O)O)C1CC(NC(=O)C(C)c2cccc(CC(C)C)c2)C1. The predicted octanol–water partition coefficient (Wildman–Crippen LogP) is 3.04. The van der Waals surface area contributed by atoms with Gasteiger partial charge in [0.2, 0.25) is 5.91 Å². The highest BCUT2D eigenvalue weighted by Crippen LogP contribution is 2.27. The quantitative estimate of drug-likeness (QED) is 0.710. The third-order valence-corrected chi connectivity index (χ3v) is 5.21. The molecule has 1 aromatic rings. The van der Waals surface area contributed by atoms with Crippen LogP contribution in [0.4, 0.5) is 0 Å². The lowest BCUT2D eigenvalue weighted by atomic mass is 9.84. The van der Waals surface area contributed by atoms with Crippen LogP contribution < -0.4 is 5.32 Å². The van der Waals surface area contributed by atoms with Gasteiger partial charge in [-0.15, -0.1) is 0 Å². The molecule has 0 spiro atoms. The van der Waals surface area contributed by atoms with Crippen molar-refractivity contribution in [3.63, 3.8) is 0 Å². The number of carbonyl (C=O) groups excluding carboxylic acids is 1. The minimum absolute atomic E-state index is 0.0522. The number of hydrogen-bond donors (Lipinski definition) is 2. The topological polar surface area (TPSA) is 69.6 Å². The first kappa shape index (κ1) is 20.4. The Hall–Kier alpha value is -1.88. The van der Waals surface area contributed by atoms with E-state index in [0.29, 0.717) is 5.92 Å². The zero-order valence-electron chi connectivity index (χ0n) is 16.4. The van der Waals surface area contributed by atoms with E-state index in [1.165, 1.54) is 5.56 Å². The summed E-state index contributed by atoms with van der Waals surface area (Å²) in [5.41, 5.74) is 2.32. The van der Waals surface area contributed by atoms with Gasteiger partial charge in [0.25, 0.3) is 0 Å². The summed E-state index contributed by atoms with van der Waals surface area (Å²) in [7, 11) is 0. The van der Waals surface area contributed by atoms with E-state index in [2.05, 4.69) is 31.3 Å². The van der Waals surface area contributed by atoms with Crippen LogP contribution >= 0.6 is 0 Å². The van der Waals surface area contributed by atoms with E-state index in [1.807, 2.05) is 30.9 Å². The summed E-state index contributed by atoms with van der Waals surface area (Å²) in [4.78, 5) is 25.4. The number of rotatable bonds is 9. The second-order valence-corrected chi connectivity index (χ2v) is 7.85. The van der Waals surface area contributed by atoms with Crippen molar-refractivity contribution in [3.8, 4) is 0 Å². The third kappa shape index (κ3) is 5.56. The van der Waals surface area contributed by atoms with Gasteiger partial charge in [0.1, 0.15) is 0 Å². The predicted molar refractivity (Wildman–Crippen MR) is 103 cm³/mol. The summed E-state index contributed by atoms with van der Waals surface area (Å²) in [6.45, 7) is 9.10. The molecule has 144 valence electrons. The van der Waals surface area contributed by atoms with Crippen LogP contribution in [0.15, 0.2) is 24.3 Å². The maximum absolute atomic E-state index is 12.6. The highest BCUT2D eigenvalue weighted by Gasteiger charge is 2.35. The molecule has 1 atom stereocenters. The molecule has 2 N–H and O–H groups in total. The van der Waals surface area contributed by atoms with Gasteiger partial charge in [-0.05, 0) is 49.8 Å². The summed E-state index contributed by atoms with van der Waals surface area (Å²) < 4.78 is 0. The Morgan fingerprint density at radius 2 is 1.96 bits per heavy atom. The molecule has 0 saturated heterocycles. The maximum atomic E-state index is 12.6. The number of benzene rings is 1. The Morgan fingerprint density at radius 3 is 2.54 bits per heavy atom. The van der Waals surface area contributed by atoms with Gasteiger partial charge < -0.3 is 10.4 Å². The summed E-state index contributed by atoms with van der Waals surface area (Å²) in [5.74, 6) is -0.332. The van der Waals surface area contributed by atoms with Crippen LogP contribution in [-0.2, 0) is 16.0 Å². The molecule has 2 rings (SSSR count). The minimum atomic E-state index is -0.797. The van der Waals surface area contributed by atoms with Crippen molar-refractivity contribution in [1.29, 1.82) is 0 Å². The number of carboxylic acids is 1. The van der Waals surface area contributed by atoms with Crippen LogP contribution in [0, 0.1) is 5.92 Å². The molecule has 1 aliphatic rings. The first-order chi connectivity index (χ1) is 12.3. The smallest absolute Gasteiger partial charge is 0.317 e. The highest BCUT2D eigenvalue weighted by molar-refractivity contribution is 5.83. The molecule has 5 nitrogen and oxygen atoms in total. The van der Waals surface area contributed by atoms with Gasteiger partial charge in [-0.2, -0.15) is 0 Å². The first-order valence-corrected chi connectivity index (χ1v) is 9.65. The largest absolute Gasteiger partial charge is 0.480 e. The van der Waals surface area contributed by atoms with Crippen molar-refractivity contribution in [2.24, 2.45) is 5.92 Å². The van der Waals surface area contributed by atoms with Gasteiger partial charge in [-0.3, -0.25) is 14.5 Å². The molecule has 0 radical (unpaired) electrons. The molecule has 1 aromatic carbocycles. The van der Waals surface area contributed by atoms with E-state index in [9.17, 15) is 9.59 Å². The standard InChI is InChI=1S/C21H32N2O3/c1-5-23(13-20(24)25)19-11-18(12-19)22-21(26)15(4)17-8-6-7-16(10-17)9-14(2)3/h6-8,10,14-15,18-19H,5,9,11-13H2,1-4H3,(H,22,26)(H,24,25). The fraction of sp³-hybridized carbons (Fsp3) is 0.619. The van der Waals surface area contributed by atoms with Crippen molar-refractivity contribution in [1.82, 2.24) is 10.2 Å². The van der Waals surface area contributed by atoms with E-state index >= 15 is 0 Å². The van der Waals surface area contributed by atoms with E-state index in [1.54, 1.807) is 0 Å². The van der Waals surface area contributed by atoms with Crippen molar-refractivity contribution in [2.45, 2.75) is 65.0 Å². The lowest BCUT2D eigenvalue weighted by Crippen LogP contribution is -2.55. The number of hydrogen-bond acceptors (Lipinski definition) is 3. The van der Waals surface area contributed by atoms with Crippen molar-refractivity contribution >= 4 is 11.9 Å². The van der Waals surface area contributed by atoms with Crippen LogP contribution in [0.25, 0.3) is 0 Å². The number of nitrogens with one attached hydrogen (secondary N) is 1. The van der Waals surface area contributed by atoms with Crippen LogP contribution in [-0.4, -0.2) is 47.1 Å². The Balaban J connectivity index is 1.86. The lowest BCUT2D eigenvalue weighted by molar-refractivity contribution is -0.139. The molecule has 26 heavy (non-hydrogen) atoms. The van der Waals surface area contributed by atoms with Gasteiger partial charge in [0.05, 0.1) is 12.5 Å². The Morgan fingerprint density at radius 1 is 1.27 bits per heavy atom. The average molecular weight is 360 g/mol. The Bertz CT molecular complexity index is 623. The van der Waals surface area contributed by atoms with Crippen LogP contribution in [0.1, 0.15) is 57.6 Å². The second kappa shape index (κ2) is 9.17. The summed E-state index contributed by atoms with van der Waals surface area (Å²) in [5, 5.41) is 12.1. The molecule has 0 bridgehead atoms. The zero-order valence-corrected chi connectivity index (χ0v) is 16.4. The Kier molecular flexibility index (Phi) is 7.21. The van der Waals surface area contributed by atoms with Gasteiger partial charge in [-0.1, -0.05) is 45.0 Å². The van der Waals surface area contributed by atoms with E-state index < -0.39 is 5.97 Å². The van der Waals surface area contributed by atoms with Gasteiger partial charge in [0.15, 0.2) is 0 Å². The van der Waals surface area contributed by atoms with Gasteiger partial charge in [0, 0.05) is 12.1 Å². The summed E-state index contributed by atoms with van der Waals surface area (Å²) >= 11 is 0. The van der Waals surface area contributed by atoms with Gasteiger partial charge >= 0.3 is 5.97 Å². The molecule has 1 saturated carbocycles. The molecule has 1 fully saturated rings. The zero-order chi connectivity index (χ0) is 19.3. The van der Waals surface area contributed by atoms with Gasteiger partial charge in [-0.25, -0.2) is 0 Å². The normalized spacial score (nSPS) is 20.7. The van der Waals surface area contributed by atoms with E-state index in [-0.39, 0.29) is 30.5 Å². The number of nitrogens with zero attached hydrogens (tertiary/aromatic N) is 1. The van der Waals surface area contributed by atoms with Crippen LogP contribution in [0.2, 0.25) is 0 Å². The maximum Gasteiger partial charge on any atom is 0.317 e. The molecule has 1 amide bonds. The average Bonchev–Trinajstić information content (AvgIpc) is 2.54. The lowest BCUT2D eigenvalue weighted by Gasteiger charge is -2.42. The highest BCUT2D eigenvalue weighted by atomic mass is 16.4. The van der Waals surface area contributed by atoms with Crippen molar-refractivity contribution in [3.05, 3.63) is 35.4 Å².